The minimum atomic E-state index is -0.401. The number of hydrogen-bond donors (Lipinski definition) is 0. The van der Waals surface area contributed by atoms with Crippen LogP contribution < -0.4 is 9.47 Å². The molecular weight excluding hydrogens is 350 g/mol. The third kappa shape index (κ3) is 5.84. The van der Waals surface area contributed by atoms with Crippen molar-refractivity contribution >= 4 is 35.1 Å². The number of isothiocyanates is 1. The van der Waals surface area contributed by atoms with Gasteiger partial charge in [0.15, 0.2) is 11.5 Å². The third-order valence-electron chi connectivity index (χ3n) is 3.57. The van der Waals surface area contributed by atoms with Crippen molar-refractivity contribution in [3.8, 4) is 11.5 Å². The summed E-state index contributed by atoms with van der Waals surface area (Å²) in [5.74, 6) is 0.834. The number of esters is 1. The van der Waals surface area contributed by atoms with Crippen LogP contribution in [0.2, 0.25) is 0 Å². The van der Waals surface area contributed by atoms with Gasteiger partial charge in [0.1, 0.15) is 0 Å². The van der Waals surface area contributed by atoms with E-state index in [1.807, 2.05) is 30.3 Å². The second-order valence-corrected chi connectivity index (χ2v) is 5.42. The standard InChI is InChI=1S/C20H19NO4S/c1-23-18-9-5-16(13-19(18)24-2)6-10-20(22)25-12-11-15-3-7-17(8-4-15)21-14-26/h3-10,13H,11-12H2,1-2H3/b10-6+. The van der Waals surface area contributed by atoms with Gasteiger partial charge in [-0.25, -0.2) is 4.79 Å². The lowest BCUT2D eigenvalue weighted by molar-refractivity contribution is -0.137. The van der Waals surface area contributed by atoms with Crippen molar-refractivity contribution in [2.75, 3.05) is 20.8 Å². The second-order valence-electron chi connectivity index (χ2n) is 5.23. The van der Waals surface area contributed by atoms with Crippen molar-refractivity contribution < 1.29 is 19.0 Å². The molecule has 6 heteroatoms. The van der Waals surface area contributed by atoms with E-state index in [4.69, 9.17) is 14.2 Å². The Morgan fingerprint density at radius 3 is 2.50 bits per heavy atom. The van der Waals surface area contributed by atoms with E-state index in [0.717, 1.165) is 16.8 Å². The zero-order valence-electron chi connectivity index (χ0n) is 14.6. The topological polar surface area (TPSA) is 57.1 Å². The van der Waals surface area contributed by atoms with Gasteiger partial charge in [0.05, 0.1) is 31.7 Å². The maximum Gasteiger partial charge on any atom is 0.330 e. The van der Waals surface area contributed by atoms with Crippen LogP contribution in [0, 0.1) is 0 Å². The number of thiocarbonyl (C=S) groups is 1. The van der Waals surface area contributed by atoms with Crippen molar-refractivity contribution in [1.29, 1.82) is 0 Å². The SMILES string of the molecule is COc1ccc(/C=C/C(=O)OCCc2ccc(N=C=S)cc2)cc1OC. The van der Waals surface area contributed by atoms with Gasteiger partial charge in [0, 0.05) is 12.5 Å². The minimum absolute atomic E-state index is 0.297. The van der Waals surface area contributed by atoms with Crippen LogP contribution in [-0.4, -0.2) is 32.0 Å². The summed E-state index contributed by atoms with van der Waals surface area (Å²) in [6.07, 6.45) is 3.68. The summed E-state index contributed by atoms with van der Waals surface area (Å²) in [4.78, 5) is 15.7. The minimum Gasteiger partial charge on any atom is -0.493 e. The van der Waals surface area contributed by atoms with Gasteiger partial charge in [-0.15, -0.1) is 0 Å². The van der Waals surface area contributed by atoms with E-state index in [0.29, 0.717) is 24.5 Å². The molecule has 0 aromatic heterocycles. The first-order chi connectivity index (χ1) is 12.7. The van der Waals surface area contributed by atoms with Crippen molar-refractivity contribution in [2.45, 2.75) is 6.42 Å². The van der Waals surface area contributed by atoms with E-state index >= 15 is 0 Å². The third-order valence-corrected chi connectivity index (χ3v) is 3.66. The zero-order chi connectivity index (χ0) is 18.8. The Morgan fingerprint density at radius 1 is 1.12 bits per heavy atom. The Morgan fingerprint density at radius 2 is 1.85 bits per heavy atom. The Kier molecular flexibility index (Phi) is 7.55. The largest absolute Gasteiger partial charge is 0.493 e. The van der Waals surface area contributed by atoms with Crippen LogP contribution in [0.3, 0.4) is 0 Å². The van der Waals surface area contributed by atoms with Crippen LogP contribution >= 0.6 is 12.2 Å². The molecule has 0 radical (unpaired) electrons. The molecule has 2 aromatic carbocycles. The summed E-state index contributed by atoms with van der Waals surface area (Å²) in [5.41, 5.74) is 2.61. The number of benzene rings is 2. The number of hydrogen-bond acceptors (Lipinski definition) is 6. The van der Waals surface area contributed by atoms with E-state index in [9.17, 15) is 4.79 Å². The molecule has 0 N–H and O–H groups in total. The molecule has 0 aliphatic carbocycles. The van der Waals surface area contributed by atoms with E-state index in [1.165, 1.54) is 6.08 Å². The number of aliphatic imine (C=N–C) groups is 1. The van der Waals surface area contributed by atoms with Gasteiger partial charge < -0.3 is 14.2 Å². The molecule has 0 fully saturated rings. The Balaban J connectivity index is 1.84. The number of carbonyl (C=O) groups is 1. The summed E-state index contributed by atoms with van der Waals surface area (Å²) in [5, 5.41) is 2.32. The van der Waals surface area contributed by atoms with Gasteiger partial charge in [-0.2, -0.15) is 4.99 Å². The molecule has 0 heterocycles. The lowest BCUT2D eigenvalue weighted by Crippen LogP contribution is -2.04. The van der Waals surface area contributed by atoms with Crippen LogP contribution in [0.1, 0.15) is 11.1 Å². The van der Waals surface area contributed by atoms with Gasteiger partial charge >= 0.3 is 5.97 Å². The van der Waals surface area contributed by atoms with Gasteiger partial charge in [0.2, 0.25) is 0 Å². The fraction of sp³-hybridized carbons (Fsp3) is 0.200. The molecule has 0 atom stereocenters. The molecule has 0 bridgehead atoms. The highest BCUT2D eigenvalue weighted by Gasteiger charge is 2.04. The second kappa shape index (κ2) is 10.1. The van der Waals surface area contributed by atoms with E-state index < -0.39 is 5.97 Å². The quantitative estimate of drug-likeness (QED) is 0.301. The molecule has 0 aliphatic rings. The summed E-state index contributed by atoms with van der Waals surface area (Å²) < 4.78 is 15.6. The summed E-state index contributed by atoms with van der Waals surface area (Å²) >= 11 is 4.56. The van der Waals surface area contributed by atoms with Crippen molar-refractivity contribution in [3.05, 3.63) is 59.7 Å². The number of ether oxygens (including phenoxy) is 3. The van der Waals surface area contributed by atoms with E-state index in [-0.39, 0.29) is 0 Å². The monoisotopic (exact) mass is 369 g/mol. The van der Waals surface area contributed by atoms with E-state index in [1.54, 1.807) is 32.4 Å². The number of rotatable bonds is 8. The van der Waals surface area contributed by atoms with Gasteiger partial charge in [0.25, 0.3) is 0 Å². The molecule has 5 nitrogen and oxygen atoms in total. The van der Waals surface area contributed by atoms with Crippen LogP contribution in [0.4, 0.5) is 5.69 Å². The first-order valence-electron chi connectivity index (χ1n) is 7.90. The lowest BCUT2D eigenvalue weighted by Gasteiger charge is -2.07. The first-order valence-corrected chi connectivity index (χ1v) is 8.30. The van der Waals surface area contributed by atoms with Gasteiger partial charge in [-0.1, -0.05) is 18.2 Å². The normalized spacial score (nSPS) is 10.2. The van der Waals surface area contributed by atoms with Crippen molar-refractivity contribution in [1.82, 2.24) is 0 Å². The number of carbonyl (C=O) groups excluding carboxylic acids is 1. The Labute approximate surface area is 157 Å². The smallest absolute Gasteiger partial charge is 0.330 e. The first kappa shape index (κ1) is 19.4. The molecule has 0 saturated carbocycles. The maximum atomic E-state index is 11.8. The summed E-state index contributed by atoms with van der Waals surface area (Å²) in [7, 11) is 3.14. The highest BCUT2D eigenvalue weighted by Crippen LogP contribution is 2.27. The fourth-order valence-electron chi connectivity index (χ4n) is 2.23. The van der Waals surface area contributed by atoms with E-state index in [2.05, 4.69) is 22.4 Å². The molecule has 2 rings (SSSR count). The van der Waals surface area contributed by atoms with Crippen molar-refractivity contribution in [2.24, 2.45) is 4.99 Å². The fourth-order valence-corrected chi connectivity index (χ4v) is 2.33. The molecule has 0 aliphatic heterocycles. The lowest BCUT2D eigenvalue weighted by atomic mass is 10.1. The average Bonchev–Trinajstić information content (AvgIpc) is 2.67. The van der Waals surface area contributed by atoms with Gasteiger partial charge in [-0.3, -0.25) is 0 Å². The number of nitrogens with zero attached hydrogens (tertiary/aromatic N) is 1. The Bertz CT molecular complexity index is 824. The molecule has 0 saturated heterocycles. The molecule has 0 unspecified atom stereocenters. The molecule has 0 spiro atoms. The van der Waals surface area contributed by atoms with Crippen molar-refractivity contribution in [3.63, 3.8) is 0 Å². The molecular formula is C20H19NO4S. The highest BCUT2D eigenvalue weighted by atomic mass is 32.1. The van der Waals surface area contributed by atoms with Crippen LogP contribution in [0.5, 0.6) is 11.5 Å². The van der Waals surface area contributed by atoms with Crippen LogP contribution in [0.15, 0.2) is 53.5 Å². The Hall–Kier alpha value is -2.95. The maximum absolute atomic E-state index is 11.8. The number of methoxy groups -OCH3 is 2. The molecule has 26 heavy (non-hydrogen) atoms. The summed E-state index contributed by atoms with van der Waals surface area (Å²) in [6.45, 7) is 0.297. The van der Waals surface area contributed by atoms with Gasteiger partial charge in [-0.05, 0) is 53.7 Å². The predicted octanol–water partition coefficient (Wildman–Crippen LogP) is 4.24. The highest BCUT2D eigenvalue weighted by molar-refractivity contribution is 7.78. The van der Waals surface area contributed by atoms with Crippen LogP contribution in [0.25, 0.3) is 6.08 Å². The average molecular weight is 369 g/mol. The molecule has 134 valence electrons. The zero-order valence-corrected chi connectivity index (χ0v) is 15.4. The molecule has 2 aromatic rings. The van der Waals surface area contributed by atoms with Crippen LogP contribution in [-0.2, 0) is 16.0 Å². The summed E-state index contributed by atoms with van der Waals surface area (Å²) in [6, 6.07) is 12.9. The predicted molar refractivity (Wildman–Crippen MR) is 104 cm³/mol. The molecule has 0 amide bonds.